The van der Waals surface area contributed by atoms with Gasteiger partial charge in [-0.2, -0.15) is 0 Å². The quantitative estimate of drug-likeness (QED) is 0.858. The molecule has 2 aliphatic rings. The van der Waals surface area contributed by atoms with Crippen LogP contribution in [-0.2, 0) is 9.53 Å². The monoisotopic (exact) mass is 287 g/mol. The van der Waals surface area contributed by atoms with Crippen LogP contribution in [0.4, 0.5) is 0 Å². The first-order valence-electron chi connectivity index (χ1n) is 7.56. The predicted molar refractivity (Wildman–Crippen MR) is 81.5 cm³/mol. The summed E-state index contributed by atoms with van der Waals surface area (Å²) < 4.78 is 5.06. The molecular formula is C17H21NO3. The van der Waals surface area contributed by atoms with E-state index in [0.717, 1.165) is 13.1 Å². The minimum atomic E-state index is -0.581. The van der Waals surface area contributed by atoms with Crippen LogP contribution in [-0.4, -0.2) is 48.3 Å². The number of hydrogen-bond acceptors (Lipinski definition) is 4. The number of carbonyl (C=O) groups excluding carboxylic acids is 1. The highest BCUT2D eigenvalue weighted by atomic mass is 16.5. The largest absolute Gasteiger partial charge is 0.466 e. The molecule has 4 nitrogen and oxygen atoms in total. The molecule has 3 rings (SSSR count). The Labute approximate surface area is 125 Å². The molecule has 0 aromatic heterocycles. The van der Waals surface area contributed by atoms with Crippen molar-refractivity contribution in [2.24, 2.45) is 5.92 Å². The van der Waals surface area contributed by atoms with Gasteiger partial charge in [0, 0.05) is 19.6 Å². The molecule has 1 aromatic carbocycles. The van der Waals surface area contributed by atoms with E-state index in [1.807, 2.05) is 12.1 Å². The summed E-state index contributed by atoms with van der Waals surface area (Å²) in [6.07, 6.45) is 2.24. The Morgan fingerprint density at radius 1 is 1.43 bits per heavy atom. The van der Waals surface area contributed by atoms with E-state index in [2.05, 4.69) is 23.1 Å². The van der Waals surface area contributed by atoms with Crippen LogP contribution in [0.1, 0.15) is 24.5 Å². The number of aliphatic hydroxyl groups excluding tert-OH is 1. The number of benzene rings is 1. The smallest absolute Gasteiger partial charge is 0.312 e. The number of carbonyl (C=O) groups is 1. The lowest BCUT2D eigenvalue weighted by molar-refractivity contribution is -0.155. The number of nitrogens with zero attached hydrogens (tertiary/aromatic N) is 1. The summed E-state index contributed by atoms with van der Waals surface area (Å²) in [6.45, 7) is 4.37. The van der Waals surface area contributed by atoms with Gasteiger partial charge in [0.1, 0.15) is 0 Å². The van der Waals surface area contributed by atoms with Crippen LogP contribution >= 0.6 is 0 Å². The molecule has 0 spiro atoms. The average molecular weight is 287 g/mol. The van der Waals surface area contributed by atoms with E-state index < -0.39 is 12.0 Å². The van der Waals surface area contributed by atoms with Crippen LogP contribution in [0.15, 0.2) is 24.3 Å². The first-order valence-corrected chi connectivity index (χ1v) is 7.56. The maximum Gasteiger partial charge on any atom is 0.312 e. The number of piperidine rings is 1. The molecule has 1 aliphatic carbocycles. The van der Waals surface area contributed by atoms with Gasteiger partial charge in [0.05, 0.1) is 18.6 Å². The summed E-state index contributed by atoms with van der Waals surface area (Å²) >= 11 is 0. The van der Waals surface area contributed by atoms with Crippen molar-refractivity contribution in [3.63, 3.8) is 0 Å². The Morgan fingerprint density at radius 3 is 3.00 bits per heavy atom. The third-order valence-corrected chi connectivity index (χ3v) is 4.28. The molecule has 2 atom stereocenters. The fraction of sp³-hybridized carbons (Fsp3) is 0.471. The highest BCUT2D eigenvalue weighted by molar-refractivity contribution is 5.96. The molecule has 0 bridgehead atoms. The molecule has 21 heavy (non-hydrogen) atoms. The van der Waals surface area contributed by atoms with Crippen LogP contribution in [0.3, 0.4) is 0 Å². The number of esters is 1. The highest BCUT2D eigenvalue weighted by Gasteiger charge is 2.34. The van der Waals surface area contributed by atoms with Gasteiger partial charge in [0.15, 0.2) is 0 Å². The third-order valence-electron chi connectivity index (χ3n) is 4.28. The van der Waals surface area contributed by atoms with E-state index in [4.69, 9.17) is 4.74 Å². The molecular weight excluding hydrogens is 266 g/mol. The lowest BCUT2D eigenvalue weighted by Gasteiger charge is -2.36. The first kappa shape index (κ1) is 14.3. The Morgan fingerprint density at radius 2 is 2.24 bits per heavy atom. The summed E-state index contributed by atoms with van der Waals surface area (Å²) in [5.41, 5.74) is 3.90. The van der Waals surface area contributed by atoms with Crippen molar-refractivity contribution < 1.29 is 14.6 Å². The fourth-order valence-electron chi connectivity index (χ4n) is 3.11. The Hall–Kier alpha value is -1.65. The fourth-order valence-corrected chi connectivity index (χ4v) is 3.11. The second kappa shape index (κ2) is 6.00. The lowest BCUT2D eigenvalue weighted by atomic mass is 9.87. The predicted octanol–water partition coefficient (Wildman–Crippen LogP) is 1.79. The summed E-state index contributed by atoms with van der Waals surface area (Å²) in [6, 6.07) is 8.33. The number of fused-ring (bicyclic) bond motifs is 1. The van der Waals surface area contributed by atoms with Gasteiger partial charge in [-0.15, -0.1) is 0 Å². The van der Waals surface area contributed by atoms with Crippen LogP contribution in [0.5, 0.6) is 0 Å². The molecule has 0 saturated carbocycles. The van der Waals surface area contributed by atoms with Crippen LogP contribution < -0.4 is 0 Å². The molecule has 4 heteroatoms. The SMILES string of the molecule is CCOC(=O)[C@@H]1CN(CC2=Cc3ccccc32)CC[C@@H]1O. The van der Waals surface area contributed by atoms with E-state index in [0.29, 0.717) is 19.6 Å². The minimum absolute atomic E-state index is 0.280. The average Bonchev–Trinajstić information content (AvgIpc) is 2.46. The van der Waals surface area contributed by atoms with Gasteiger partial charge in [-0.1, -0.05) is 24.3 Å². The van der Waals surface area contributed by atoms with Gasteiger partial charge >= 0.3 is 5.97 Å². The number of ether oxygens (including phenoxy) is 1. The van der Waals surface area contributed by atoms with E-state index in [-0.39, 0.29) is 5.97 Å². The number of rotatable bonds is 4. The van der Waals surface area contributed by atoms with Gasteiger partial charge < -0.3 is 9.84 Å². The zero-order chi connectivity index (χ0) is 14.8. The maximum atomic E-state index is 11.9. The van der Waals surface area contributed by atoms with Gasteiger partial charge in [-0.05, 0) is 36.1 Å². The summed E-state index contributed by atoms with van der Waals surface area (Å²) in [7, 11) is 0. The summed E-state index contributed by atoms with van der Waals surface area (Å²) in [5.74, 6) is -0.702. The van der Waals surface area contributed by atoms with Gasteiger partial charge in [-0.3, -0.25) is 9.69 Å². The van der Waals surface area contributed by atoms with Gasteiger partial charge in [0.2, 0.25) is 0 Å². The number of likely N-dealkylation sites (tertiary alicyclic amines) is 1. The summed E-state index contributed by atoms with van der Waals surface area (Å²) in [5, 5.41) is 10.0. The molecule has 0 amide bonds. The molecule has 1 aliphatic heterocycles. The van der Waals surface area contributed by atoms with Crippen molar-refractivity contribution in [2.45, 2.75) is 19.4 Å². The summed E-state index contributed by atoms with van der Waals surface area (Å²) in [4.78, 5) is 14.1. The van der Waals surface area contributed by atoms with Crippen molar-refractivity contribution in [1.29, 1.82) is 0 Å². The first-order chi connectivity index (χ1) is 10.2. The number of hydrogen-bond donors (Lipinski definition) is 1. The van der Waals surface area contributed by atoms with Crippen molar-refractivity contribution in [3.8, 4) is 0 Å². The maximum absolute atomic E-state index is 11.9. The van der Waals surface area contributed by atoms with Crippen molar-refractivity contribution in [1.82, 2.24) is 4.90 Å². The molecule has 112 valence electrons. The van der Waals surface area contributed by atoms with E-state index in [1.54, 1.807) is 6.92 Å². The molecule has 0 unspecified atom stereocenters. The zero-order valence-corrected chi connectivity index (χ0v) is 12.3. The van der Waals surface area contributed by atoms with Gasteiger partial charge in [-0.25, -0.2) is 0 Å². The molecule has 1 aromatic rings. The molecule has 1 saturated heterocycles. The normalized spacial score (nSPS) is 24.8. The van der Waals surface area contributed by atoms with E-state index in [9.17, 15) is 9.90 Å². The second-order valence-corrected chi connectivity index (χ2v) is 5.71. The third kappa shape index (κ3) is 2.87. The molecule has 1 heterocycles. The van der Waals surface area contributed by atoms with Crippen molar-refractivity contribution >= 4 is 17.6 Å². The van der Waals surface area contributed by atoms with Crippen molar-refractivity contribution in [2.75, 3.05) is 26.2 Å². The minimum Gasteiger partial charge on any atom is -0.466 e. The van der Waals surface area contributed by atoms with Gasteiger partial charge in [0.25, 0.3) is 0 Å². The second-order valence-electron chi connectivity index (χ2n) is 5.71. The van der Waals surface area contributed by atoms with Crippen LogP contribution in [0.25, 0.3) is 11.6 Å². The van der Waals surface area contributed by atoms with Crippen LogP contribution in [0, 0.1) is 5.92 Å². The Balaban J connectivity index is 1.61. The molecule has 0 radical (unpaired) electrons. The lowest BCUT2D eigenvalue weighted by Crippen LogP contribution is -2.47. The number of aliphatic hydroxyl groups is 1. The zero-order valence-electron chi connectivity index (χ0n) is 12.3. The van der Waals surface area contributed by atoms with Crippen LogP contribution in [0.2, 0.25) is 0 Å². The van der Waals surface area contributed by atoms with Crippen molar-refractivity contribution in [3.05, 3.63) is 35.4 Å². The molecule has 1 N–H and O–H groups in total. The molecule has 1 fully saturated rings. The standard InChI is InChI=1S/C17H21NO3/c1-2-21-17(20)15-11-18(8-7-16(15)19)10-13-9-12-5-3-4-6-14(12)13/h3-6,9,15-16,19H,2,7-8,10-11H2,1H3/t15-,16+/m1/s1. The highest BCUT2D eigenvalue weighted by Crippen LogP contribution is 2.33. The Kier molecular flexibility index (Phi) is 4.08. The Bertz CT molecular complexity index is 567. The topological polar surface area (TPSA) is 49.8 Å². The van der Waals surface area contributed by atoms with E-state index in [1.165, 1.54) is 16.7 Å². The van der Waals surface area contributed by atoms with E-state index >= 15 is 0 Å².